The fourth-order valence-electron chi connectivity index (χ4n) is 4.22. The maximum Gasteiger partial charge on any atom is 0.122 e. The van der Waals surface area contributed by atoms with E-state index in [0.717, 1.165) is 28.3 Å². The highest BCUT2D eigenvalue weighted by atomic mass is 32.1. The third kappa shape index (κ3) is 16.6. The molecule has 0 amide bonds. The minimum Gasteiger partial charge on any atom is -0.496 e. The van der Waals surface area contributed by atoms with E-state index in [0.29, 0.717) is 12.8 Å². The minimum atomic E-state index is -0.188. The number of allylic oxidation sites excluding steroid dienone is 1. The molecular formula is C29H50N2OS2. The molecule has 0 bridgehead atoms. The normalized spacial score (nSPS) is 12.2. The molecular weight excluding hydrogens is 456 g/mol. The highest BCUT2D eigenvalue weighted by Gasteiger charge is 2.08. The fraction of sp³-hybridized carbons (Fsp3) is 0.690. The van der Waals surface area contributed by atoms with E-state index in [1.807, 2.05) is 12.3 Å². The van der Waals surface area contributed by atoms with Crippen molar-refractivity contribution in [2.24, 2.45) is 5.73 Å². The Hall–Kier alpha value is -1.04. The summed E-state index contributed by atoms with van der Waals surface area (Å²) in [7, 11) is 1.68. The summed E-state index contributed by atoms with van der Waals surface area (Å²) in [6.45, 7) is 2.29. The van der Waals surface area contributed by atoms with Crippen molar-refractivity contribution in [1.82, 2.24) is 5.32 Å². The second-order valence-corrected chi connectivity index (χ2v) is 10.6. The molecule has 0 aliphatic heterocycles. The number of thiol groups is 1. The lowest BCUT2D eigenvalue weighted by Gasteiger charge is -2.12. The van der Waals surface area contributed by atoms with Crippen molar-refractivity contribution < 1.29 is 4.74 Å². The molecule has 0 heterocycles. The molecule has 0 radical (unpaired) electrons. The Morgan fingerprint density at radius 3 is 2.06 bits per heavy atom. The van der Waals surface area contributed by atoms with Gasteiger partial charge in [-0.2, -0.15) is 12.6 Å². The molecule has 1 unspecified atom stereocenters. The summed E-state index contributed by atoms with van der Waals surface area (Å²) in [5.41, 5.74) is 7.99. The van der Waals surface area contributed by atoms with Crippen LogP contribution in [-0.2, 0) is 12.8 Å². The number of methoxy groups -OCH3 is 1. The zero-order valence-corrected chi connectivity index (χ0v) is 23.5. The summed E-state index contributed by atoms with van der Waals surface area (Å²) in [6, 6.07) is 6.18. The molecule has 1 atom stereocenters. The largest absolute Gasteiger partial charge is 0.496 e. The maximum atomic E-state index is 5.79. The van der Waals surface area contributed by atoms with Gasteiger partial charge in [0.1, 0.15) is 5.75 Å². The molecule has 0 aromatic heterocycles. The van der Waals surface area contributed by atoms with Crippen molar-refractivity contribution in [2.45, 2.75) is 121 Å². The average Bonchev–Trinajstić information content (AvgIpc) is 2.81. The molecule has 34 heavy (non-hydrogen) atoms. The number of rotatable bonds is 21. The Kier molecular flexibility index (Phi) is 19.4. The SMILES string of the molecule is CCCCCCCCCCCCCCCCC=CNC(=S)Cc1ccc(CC(N)S)c(OC)c1. The van der Waals surface area contributed by atoms with E-state index in [4.69, 9.17) is 22.7 Å². The molecule has 5 heteroatoms. The lowest BCUT2D eigenvalue weighted by molar-refractivity contribution is 0.409. The first-order valence-corrected chi connectivity index (χ1v) is 14.5. The van der Waals surface area contributed by atoms with Gasteiger partial charge in [-0.05, 0) is 36.2 Å². The third-order valence-electron chi connectivity index (χ3n) is 6.23. The van der Waals surface area contributed by atoms with Gasteiger partial charge in [-0.1, -0.05) is 121 Å². The summed E-state index contributed by atoms with van der Waals surface area (Å²) >= 11 is 9.76. The summed E-state index contributed by atoms with van der Waals surface area (Å²) in [5.74, 6) is 0.846. The molecule has 0 saturated heterocycles. The number of ether oxygens (including phenoxy) is 1. The minimum absolute atomic E-state index is 0.188. The first kappa shape index (κ1) is 31.0. The highest BCUT2D eigenvalue weighted by molar-refractivity contribution is 7.80. The number of thiocarbonyl (C=S) groups is 1. The average molecular weight is 507 g/mol. The van der Waals surface area contributed by atoms with Crippen molar-refractivity contribution in [3.8, 4) is 5.75 Å². The van der Waals surface area contributed by atoms with E-state index in [2.05, 4.69) is 43.1 Å². The van der Waals surface area contributed by atoms with E-state index in [9.17, 15) is 0 Å². The first-order valence-electron chi connectivity index (χ1n) is 13.6. The Morgan fingerprint density at radius 2 is 1.53 bits per heavy atom. The van der Waals surface area contributed by atoms with Crippen LogP contribution < -0.4 is 15.8 Å². The van der Waals surface area contributed by atoms with Crippen molar-refractivity contribution in [1.29, 1.82) is 0 Å². The number of nitrogens with two attached hydrogens (primary N) is 1. The van der Waals surface area contributed by atoms with Crippen molar-refractivity contribution >= 4 is 29.8 Å². The van der Waals surface area contributed by atoms with E-state index >= 15 is 0 Å². The Labute approximate surface area is 221 Å². The highest BCUT2D eigenvalue weighted by Crippen LogP contribution is 2.22. The predicted octanol–water partition coefficient (Wildman–Crippen LogP) is 8.30. The second kappa shape index (κ2) is 21.3. The van der Waals surface area contributed by atoms with Gasteiger partial charge in [0.05, 0.1) is 17.5 Å². The van der Waals surface area contributed by atoms with Gasteiger partial charge >= 0.3 is 0 Å². The molecule has 0 fully saturated rings. The Morgan fingerprint density at radius 1 is 0.971 bits per heavy atom. The topological polar surface area (TPSA) is 47.3 Å². The summed E-state index contributed by atoms with van der Waals surface area (Å²) in [6.07, 6.45) is 26.3. The second-order valence-electron chi connectivity index (χ2n) is 9.45. The fourth-order valence-corrected chi connectivity index (χ4v) is 4.65. The molecule has 0 aliphatic rings. The van der Waals surface area contributed by atoms with E-state index < -0.39 is 0 Å². The van der Waals surface area contributed by atoms with Gasteiger partial charge in [0.25, 0.3) is 0 Å². The molecule has 3 nitrogen and oxygen atoms in total. The van der Waals surface area contributed by atoms with Crippen molar-refractivity contribution in [2.75, 3.05) is 7.11 Å². The van der Waals surface area contributed by atoms with Crippen LogP contribution >= 0.6 is 24.8 Å². The van der Waals surface area contributed by atoms with Crippen LogP contribution in [0.1, 0.15) is 114 Å². The quantitative estimate of drug-likeness (QED) is 0.0679. The molecule has 1 aromatic carbocycles. The van der Waals surface area contributed by atoms with E-state index in [-0.39, 0.29) is 5.37 Å². The van der Waals surface area contributed by atoms with Crippen LogP contribution in [0.5, 0.6) is 5.75 Å². The van der Waals surface area contributed by atoms with Crippen LogP contribution in [0.4, 0.5) is 0 Å². The lowest BCUT2D eigenvalue weighted by atomic mass is 10.0. The molecule has 0 spiro atoms. The van der Waals surface area contributed by atoms with Gasteiger partial charge in [-0.3, -0.25) is 0 Å². The molecule has 1 rings (SSSR count). The van der Waals surface area contributed by atoms with Crippen LogP contribution in [-0.4, -0.2) is 17.5 Å². The van der Waals surface area contributed by atoms with E-state index in [1.54, 1.807) is 7.11 Å². The van der Waals surface area contributed by atoms with Crippen LogP contribution in [0.15, 0.2) is 30.5 Å². The van der Waals surface area contributed by atoms with Crippen LogP contribution in [0.3, 0.4) is 0 Å². The monoisotopic (exact) mass is 506 g/mol. The Balaban J connectivity index is 2.01. The molecule has 0 aliphatic carbocycles. The van der Waals surface area contributed by atoms with Crippen LogP contribution in [0.2, 0.25) is 0 Å². The van der Waals surface area contributed by atoms with Gasteiger partial charge in [-0.25, -0.2) is 0 Å². The number of hydrogen-bond acceptors (Lipinski definition) is 4. The van der Waals surface area contributed by atoms with Crippen molar-refractivity contribution in [3.63, 3.8) is 0 Å². The van der Waals surface area contributed by atoms with E-state index in [1.165, 1.54) is 89.9 Å². The zero-order valence-electron chi connectivity index (χ0n) is 21.8. The summed E-state index contributed by atoms with van der Waals surface area (Å²) in [5, 5.41) is 3.06. The van der Waals surface area contributed by atoms with Gasteiger partial charge in [0, 0.05) is 12.8 Å². The smallest absolute Gasteiger partial charge is 0.122 e. The number of hydrogen-bond donors (Lipinski definition) is 3. The number of unbranched alkanes of at least 4 members (excludes halogenated alkanes) is 14. The predicted molar refractivity (Wildman–Crippen MR) is 157 cm³/mol. The summed E-state index contributed by atoms with van der Waals surface area (Å²) < 4.78 is 5.50. The number of benzene rings is 1. The Bertz CT molecular complexity index is 676. The zero-order chi connectivity index (χ0) is 24.9. The molecule has 1 aromatic rings. The van der Waals surface area contributed by atoms with Gasteiger partial charge in [-0.15, -0.1) is 0 Å². The molecule has 3 N–H and O–H groups in total. The van der Waals surface area contributed by atoms with Crippen LogP contribution in [0.25, 0.3) is 0 Å². The van der Waals surface area contributed by atoms with Gasteiger partial charge < -0.3 is 15.8 Å². The van der Waals surface area contributed by atoms with Crippen LogP contribution in [0, 0.1) is 0 Å². The first-order chi connectivity index (χ1) is 16.6. The maximum absolute atomic E-state index is 5.79. The number of nitrogens with one attached hydrogen (secondary N) is 1. The molecule has 0 saturated carbocycles. The van der Waals surface area contributed by atoms with Gasteiger partial charge in [0.2, 0.25) is 0 Å². The van der Waals surface area contributed by atoms with Crippen molar-refractivity contribution in [3.05, 3.63) is 41.6 Å². The van der Waals surface area contributed by atoms with Gasteiger partial charge in [0.15, 0.2) is 0 Å². The lowest BCUT2D eigenvalue weighted by Crippen LogP contribution is -2.17. The third-order valence-corrected chi connectivity index (χ3v) is 6.68. The molecule has 194 valence electrons. The standard InChI is InChI=1S/C29H50N2OS2/c1-3-4-5-6-7-8-9-10-11-12-13-14-15-16-17-18-21-31-29(34)23-25-19-20-26(24-28(30)33)27(22-25)32-2/h18-22,28,33H,3-17,23-24,30H2,1-2H3,(H,31,34). The summed E-state index contributed by atoms with van der Waals surface area (Å²) in [4.78, 5) is 0.818.